The van der Waals surface area contributed by atoms with E-state index < -0.39 is 11.7 Å². The molecule has 1 atom stereocenters. The molecule has 2 heterocycles. The van der Waals surface area contributed by atoms with Crippen LogP contribution in [0.3, 0.4) is 0 Å². The summed E-state index contributed by atoms with van der Waals surface area (Å²) in [6, 6.07) is 3.26. The smallest absolute Gasteiger partial charge is 0.419 e. The van der Waals surface area contributed by atoms with Gasteiger partial charge in [-0.2, -0.15) is 0 Å². The van der Waals surface area contributed by atoms with E-state index in [1.165, 1.54) is 17.9 Å². The molecule has 2 rings (SSSR count). The molecule has 1 saturated heterocycles. The first-order chi connectivity index (χ1) is 10.8. The first kappa shape index (κ1) is 17.5. The van der Waals surface area contributed by atoms with E-state index in [0.29, 0.717) is 6.54 Å². The number of nitrogens with zero attached hydrogens (tertiary/aromatic N) is 2. The third-order valence-electron chi connectivity index (χ3n) is 3.39. The molecule has 0 aliphatic carbocycles. The summed E-state index contributed by atoms with van der Waals surface area (Å²) >= 11 is 0. The maximum Gasteiger partial charge on any atom is 0.419 e. The number of carbonyl (C=O) groups excluding carboxylic acids is 2. The highest BCUT2D eigenvalue weighted by atomic mass is 16.7. The molecule has 7 heteroatoms. The number of rotatable bonds is 4. The minimum absolute atomic E-state index is 0.127. The minimum Gasteiger partial charge on any atom is -0.443 e. The number of likely N-dealkylation sites (tertiary alicyclic amines) is 1. The van der Waals surface area contributed by atoms with E-state index in [1.54, 1.807) is 37.8 Å². The van der Waals surface area contributed by atoms with Crippen LogP contribution >= 0.6 is 0 Å². The van der Waals surface area contributed by atoms with Gasteiger partial charge >= 0.3 is 6.09 Å². The van der Waals surface area contributed by atoms with Crippen molar-refractivity contribution in [1.82, 2.24) is 9.47 Å². The average molecular weight is 324 g/mol. The van der Waals surface area contributed by atoms with E-state index in [1.807, 2.05) is 0 Å². The first-order valence-corrected chi connectivity index (χ1v) is 7.65. The molecule has 1 aromatic heterocycles. The Bertz CT molecular complexity index is 561. The van der Waals surface area contributed by atoms with Gasteiger partial charge in [0.25, 0.3) is 5.91 Å². The Morgan fingerprint density at radius 3 is 2.74 bits per heavy atom. The fourth-order valence-electron chi connectivity index (χ4n) is 2.46. The fraction of sp³-hybridized carbons (Fsp3) is 0.625. The Labute approximate surface area is 136 Å². The summed E-state index contributed by atoms with van der Waals surface area (Å²) in [4.78, 5) is 26.6. The second-order valence-corrected chi connectivity index (χ2v) is 6.41. The number of ether oxygens (including phenoxy) is 3. The Kier molecular flexibility index (Phi) is 5.43. The predicted octanol–water partition coefficient (Wildman–Crippen LogP) is 2.45. The Morgan fingerprint density at radius 2 is 2.09 bits per heavy atom. The third-order valence-corrected chi connectivity index (χ3v) is 3.39. The van der Waals surface area contributed by atoms with Crippen molar-refractivity contribution < 1.29 is 23.8 Å². The van der Waals surface area contributed by atoms with Crippen LogP contribution in [0.4, 0.5) is 4.79 Å². The molecule has 1 fully saturated rings. The molecule has 0 N–H and O–H groups in total. The largest absolute Gasteiger partial charge is 0.443 e. The van der Waals surface area contributed by atoms with Crippen molar-refractivity contribution in [3.05, 3.63) is 24.0 Å². The summed E-state index contributed by atoms with van der Waals surface area (Å²) in [5.74, 6) is -0.250. The molecule has 128 valence electrons. The lowest BCUT2D eigenvalue weighted by Crippen LogP contribution is -2.39. The van der Waals surface area contributed by atoms with Crippen molar-refractivity contribution >= 4 is 12.0 Å². The number of aromatic nitrogens is 1. The van der Waals surface area contributed by atoms with Gasteiger partial charge in [-0.15, -0.1) is 0 Å². The first-order valence-electron chi connectivity index (χ1n) is 7.65. The number of hydrogen-bond acceptors (Lipinski definition) is 5. The fourth-order valence-corrected chi connectivity index (χ4v) is 2.46. The highest BCUT2D eigenvalue weighted by Gasteiger charge is 2.32. The molecule has 0 unspecified atom stereocenters. The van der Waals surface area contributed by atoms with Gasteiger partial charge in [0.05, 0.1) is 0 Å². The molecule has 1 aliphatic heterocycles. The molecule has 0 bridgehead atoms. The second-order valence-electron chi connectivity index (χ2n) is 6.41. The van der Waals surface area contributed by atoms with Crippen molar-refractivity contribution in [3.8, 4) is 0 Å². The molecule has 1 aliphatic rings. The lowest BCUT2D eigenvalue weighted by molar-refractivity contribution is -0.107. The zero-order chi connectivity index (χ0) is 17.0. The Balaban J connectivity index is 2.14. The van der Waals surface area contributed by atoms with Crippen molar-refractivity contribution in [3.63, 3.8) is 0 Å². The van der Waals surface area contributed by atoms with Gasteiger partial charge < -0.3 is 19.1 Å². The molecule has 7 nitrogen and oxygen atoms in total. The van der Waals surface area contributed by atoms with Gasteiger partial charge in [-0.05, 0) is 45.7 Å². The molecule has 23 heavy (non-hydrogen) atoms. The van der Waals surface area contributed by atoms with Gasteiger partial charge in [-0.25, -0.2) is 9.36 Å². The Morgan fingerprint density at radius 1 is 1.35 bits per heavy atom. The van der Waals surface area contributed by atoms with Gasteiger partial charge in [-0.1, -0.05) is 0 Å². The summed E-state index contributed by atoms with van der Waals surface area (Å²) in [6.07, 6.45) is 2.24. The van der Waals surface area contributed by atoms with Crippen molar-refractivity contribution in [2.24, 2.45) is 0 Å². The van der Waals surface area contributed by atoms with Crippen molar-refractivity contribution in [1.29, 1.82) is 0 Å². The van der Waals surface area contributed by atoms with Crippen LogP contribution < -0.4 is 0 Å². The van der Waals surface area contributed by atoms with E-state index >= 15 is 0 Å². The monoisotopic (exact) mass is 324 g/mol. The molecule has 0 saturated carbocycles. The SMILES string of the molecule is COCO[C@H]1CCCN1C(=O)c1cccn1C(=O)OC(C)(C)C. The molecule has 1 aromatic rings. The van der Waals surface area contributed by atoms with Gasteiger partial charge in [0.15, 0.2) is 0 Å². The summed E-state index contributed by atoms with van der Waals surface area (Å²) < 4.78 is 17.0. The summed E-state index contributed by atoms with van der Waals surface area (Å²) in [6.45, 7) is 6.06. The zero-order valence-electron chi connectivity index (χ0n) is 14.1. The normalized spacial score (nSPS) is 18.3. The zero-order valence-corrected chi connectivity index (χ0v) is 14.1. The number of carbonyl (C=O) groups is 2. The van der Waals surface area contributed by atoms with E-state index in [9.17, 15) is 9.59 Å². The van der Waals surface area contributed by atoms with Gasteiger partial charge in [0, 0.05) is 19.9 Å². The van der Waals surface area contributed by atoms with E-state index in [4.69, 9.17) is 14.2 Å². The van der Waals surface area contributed by atoms with Gasteiger partial charge in [0.2, 0.25) is 0 Å². The van der Waals surface area contributed by atoms with E-state index in [2.05, 4.69) is 0 Å². The van der Waals surface area contributed by atoms with Gasteiger partial charge in [-0.3, -0.25) is 4.79 Å². The molecule has 0 aromatic carbocycles. The van der Waals surface area contributed by atoms with E-state index in [-0.39, 0.29) is 24.6 Å². The summed E-state index contributed by atoms with van der Waals surface area (Å²) in [7, 11) is 1.54. The van der Waals surface area contributed by atoms with Crippen molar-refractivity contribution in [2.45, 2.75) is 45.4 Å². The van der Waals surface area contributed by atoms with Crippen LogP contribution in [0, 0.1) is 0 Å². The Hall–Kier alpha value is -1.86. The molecule has 1 amide bonds. The second kappa shape index (κ2) is 7.14. The van der Waals surface area contributed by atoms with Crippen LogP contribution in [0.25, 0.3) is 0 Å². The lowest BCUT2D eigenvalue weighted by Gasteiger charge is -2.25. The summed E-state index contributed by atoms with van der Waals surface area (Å²) in [5.41, 5.74) is -0.355. The van der Waals surface area contributed by atoms with E-state index in [0.717, 1.165) is 12.8 Å². The van der Waals surface area contributed by atoms with Crippen molar-refractivity contribution in [2.75, 3.05) is 20.4 Å². The van der Waals surface area contributed by atoms with Gasteiger partial charge in [0.1, 0.15) is 24.3 Å². The molecule has 0 radical (unpaired) electrons. The third kappa shape index (κ3) is 4.33. The number of hydrogen-bond donors (Lipinski definition) is 0. The maximum absolute atomic E-state index is 12.7. The van der Waals surface area contributed by atoms with Crippen LogP contribution in [0.2, 0.25) is 0 Å². The highest BCUT2D eigenvalue weighted by molar-refractivity contribution is 5.96. The van der Waals surface area contributed by atoms with Crippen LogP contribution in [-0.2, 0) is 14.2 Å². The molecular weight excluding hydrogens is 300 g/mol. The maximum atomic E-state index is 12.7. The van der Waals surface area contributed by atoms with Crippen LogP contribution in [-0.4, -0.2) is 53.7 Å². The standard InChI is InChI=1S/C16H24N2O5/c1-16(2,3)23-15(20)17-9-5-7-12(17)14(19)18-10-6-8-13(18)22-11-21-4/h5,7,9,13H,6,8,10-11H2,1-4H3/t13-/m0/s1. The molecular formula is C16H24N2O5. The highest BCUT2D eigenvalue weighted by Crippen LogP contribution is 2.22. The quantitative estimate of drug-likeness (QED) is 0.796. The minimum atomic E-state index is -0.626. The predicted molar refractivity (Wildman–Crippen MR) is 83.1 cm³/mol. The average Bonchev–Trinajstić information content (AvgIpc) is 3.11. The topological polar surface area (TPSA) is 70.0 Å². The van der Waals surface area contributed by atoms with Crippen LogP contribution in [0.15, 0.2) is 18.3 Å². The van der Waals surface area contributed by atoms with Crippen LogP contribution in [0.5, 0.6) is 0 Å². The number of amides is 1. The molecule has 0 spiro atoms. The number of methoxy groups -OCH3 is 1. The summed E-state index contributed by atoms with van der Waals surface area (Å²) in [5, 5.41) is 0. The van der Waals surface area contributed by atoms with Crippen LogP contribution in [0.1, 0.15) is 44.1 Å². The lowest BCUT2D eigenvalue weighted by atomic mass is 10.2.